The average Bonchev–Trinajstić information content (AvgIpc) is 3.07. The number of aromatic nitrogens is 1. The Morgan fingerprint density at radius 2 is 1.61 bits per heavy atom. The van der Waals surface area contributed by atoms with Gasteiger partial charge in [-0.3, -0.25) is 4.79 Å². The highest BCUT2D eigenvalue weighted by atomic mass is 32.1. The van der Waals surface area contributed by atoms with Gasteiger partial charge in [0.2, 0.25) is 0 Å². The summed E-state index contributed by atoms with van der Waals surface area (Å²) in [5, 5.41) is 0. The zero-order valence-corrected chi connectivity index (χ0v) is 16.0. The summed E-state index contributed by atoms with van der Waals surface area (Å²) in [4.78, 5) is 17.7. The van der Waals surface area contributed by atoms with E-state index in [1.165, 1.54) is 16.9 Å². The Morgan fingerprint density at radius 3 is 2.36 bits per heavy atom. The van der Waals surface area contributed by atoms with Crippen LogP contribution in [0.5, 0.6) is 0 Å². The maximum absolute atomic E-state index is 12.7. The second-order valence-corrected chi connectivity index (χ2v) is 7.43. The Labute approximate surface area is 167 Å². The first-order chi connectivity index (χ1) is 13.7. The van der Waals surface area contributed by atoms with Crippen LogP contribution in [-0.4, -0.2) is 10.5 Å². The van der Waals surface area contributed by atoms with E-state index in [1.807, 2.05) is 71.3 Å². The summed E-state index contributed by atoms with van der Waals surface area (Å²) in [7, 11) is 0. The maximum atomic E-state index is 12.7. The summed E-state index contributed by atoms with van der Waals surface area (Å²) in [5.41, 5.74) is 3.97. The van der Waals surface area contributed by atoms with Gasteiger partial charge < -0.3 is 4.57 Å². The molecule has 0 aliphatic carbocycles. The number of hydrogen-bond acceptors (Lipinski definition) is 2. The third-order valence-electron chi connectivity index (χ3n) is 4.49. The molecule has 3 aromatic carbocycles. The van der Waals surface area contributed by atoms with E-state index < -0.39 is 0 Å². The zero-order chi connectivity index (χ0) is 19.3. The van der Waals surface area contributed by atoms with Gasteiger partial charge >= 0.3 is 0 Å². The maximum Gasteiger partial charge on any atom is 0.279 e. The molecule has 0 bridgehead atoms. The van der Waals surface area contributed by atoms with Crippen molar-refractivity contribution in [2.45, 2.75) is 13.0 Å². The van der Waals surface area contributed by atoms with Crippen molar-refractivity contribution >= 4 is 27.5 Å². The van der Waals surface area contributed by atoms with Crippen LogP contribution in [0, 0.1) is 12.3 Å². The molecule has 0 aliphatic heterocycles. The van der Waals surface area contributed by atoms with Crippen molar-refractivity contribution in [2.75, 3.05) is 0 Å². The minimum Gasteiger partial charge on any atom is -0.305 e. The first-order valence-electron chi connectivity index (χ1n) is 8.98. The second-order valence-electron chi connectivity index (χ2n) is 6.42. The number of hydrogen-bond donors (Lipinski definition) is 0. The van der Waals surface area contributed by atoms with Crippen LogP contribution < -0.4 is 4.80 Å². The lowest BCUT2D eigenvalue weighted by Gasteiger charge is -2.03. The topological polar surface area (TPSA) is 34.4 Å². The Morgan fingerprint density at radius 1 is 0.929 bits per heavy atom. The molecule has 136 valence electrons. The van der Waals surface area contributed by atoms with Crippen LogP contribution in [0.1, 0.15) is 21.5 Å². The van der Waals surface area contributed by atoms with Crippen molar-refractivity contribution in [3.63, 3.8) is 0 Å². The molecule has 0 radical (unpaired) electrons. The smallest absolute Gasteiger partial charge is 0.279 e. The summed E-state index contributed by atoms with van der Waals surface area (Å²) < 4.78 is 2.96. The van der Waals surface area contributed by atoms with Gasteiger partial charge in [0.1, 0.15) is 0 Å². The Bertz CT molecular complexity index is 1230. The number of amides is 1. The monoisotopic (exact) mass is 382 g/mol. The minimum atomic E-state index is -0.261. The van der Waals surface area contributed by atoms with Crippen LogP contribution in [-0.2, 0) is 13.0 Å². The van der Waals surface area contributed by atoms with Crippen molar-refractivity contribution in [1.29, 1.82) is 0 Å². The van der Waals surface area contributed by atoms with Crippen LogP contribution in [0.15, 0.2) is 83.9 Å². The molecule has 4 rings (SSSR count). The van der Waals surface area contributed by atoms with Gasteiger partial charge in [-0.2, -0.15) is 4.99 Å². The lowest BCUT2D eigenvalue weighted by Crippen LogP contribution is -2.16. The van der Waals surface area contributed by atoms with E-state index in [-0.39, 0.29) is 5.91 Å². The molecule has 0 spiro atoms. The summed E-state index contributed by atoms with van der Waals surface area (Å²) >= 11 is 1.47. The average molecular weight is 382 g/mol. The van der Waals surface area contributed by atoms with Gasteiger partial charge in [-0.25, -0.2) is 0 Å². The van der Waals surface area contributed by atoms with Gasteiger partial charge in [0.05, 0.1) is 16.8 Å². The molecule has 0 unspecified atom stereocenters. The summed E-state index contributed by atoms with van der Waals surface area (Å²) in [6.45, 7) is 0.381. The summed E-state index contributed by atoms with van der Waals surface area (Å²) in [5.74, 6) is 2.38. The van der Waals surface area contributed by atoms with E-state index in [1.54, 1.807) is 0 Å². The van der Waals surface area contributed by atoms with E-state index in [2.05, 4.69) is 23.0 Å². The number of benzene rings is 3. The quantitative estimate of drug-likeness (QED) is 0.472. The first-order valence-corrected chi connectivity index (χ1v) is 9.80. The lowest BCUT2D eigenvalue weighted by molar-refractivity contribution is 0.0998. The molecule has 28 heavy (non-hydrogen) atoms. The molecule has 3 nitrogen and oxygen atoms in total. The van der Waals surface area contributed by atoms with Gasteiger partial charge in [0.25, 0.3) is 5.91 Å². The Balaban J connectivity index is 1.62. The third-order valence-corrected chi connectivity index (χ3v) is 5.55. The number of terminal acetylenes is 1. The van der Waals surface area contributed by atoms with Gasteiger partial charge in [-0.05, 0) is 41.8 Å². The normalized spacial score (nSPS) is 11.5. The van der Waals surface area contributed by atoms with Crippen molar-refractivity contribution in [3.05, 3.63) is 100 Å². The van der Waals surface area contributed by atoms with Crippen molar-refractivity contribution in [3.8, 4) is 12.3 Å². The highest BCUT2D eigenvalue weighted by Crippen LogP contribution is 2.17. The van der Waals surface area contributed by atoms with Crippen LogP contribution in [0.4, 0.5) is 0 Å². The molecule has 1 amide bonds. The molecule has 0 saturated heterocycles. The second kappa shape index (κ2) is 8.08. The van der Waals surface area contributed by atoms with Gasteiger partial charge in [-0.15, -0.1) is 6.42 Å². The predicted octanol–water partition coefficient (Wildman–Crippen LogP) is 4.67. The Kier molecular flexibility index (Phi) is 5.18. The number of carbonyl (C=O) groups excluding carboxylic acids is 1. The number of carbonyl (C=O) groups is 1. The SMILES string of the molecule is C#CCn1c(=NC(=O)c2ccc(Cc3ccccc3)cc2)sc2ccccc21. The highest BCUT2D eigenvalue weighted by Gasteiger charge is 2.09. The molecule has 0 saturated carbocycles. The standard InChI is InChI=1S/C24H18N2OS/c1-2-16-26-21-10-6-7-11-22(21)28-24(26)25-23(27)20-14-12-19(13-15-20)17-18-8-4-3-5-9-18/h1,3-15H,16-17H2. The number of para-hydroxylation sites is 1. The van der Waals surface area contributed by atoms with Crippen LogP contribution in [0.25, 0.3) is 10.2 Å². The number of fused-ring (bicyclic) bond motifs is 1. The van der Waals surface area contributed by atoms with Crippen LogP contribution >= 0.6 is 11.3 Å². The Hall–Kier alpha value is -3.42. The fourth-order valence-electron chi connectivity index (χ4n) is 3.10. The van der Waals surface area contributed by atoms with Gasteiger partial charge in [-0.1, -0.05) is 71.9 Å². The highest BCUT2D eigenvalue weighted by molar-refractivity contribution is 7.16. The molecule has 4 aromatic rings. The van der Waals surface area contributed by atoms with E-state index >= 15 is 0 Å². The number of thiazole rings is 1. The predicted molar refractivity (Wildman–Crippen MR) is 114 cm³/mol. The fourth-order valence-corrected chi connectivity index (χ4v) is 4.13. The molecular formula is C24H18N2OS. The minimum absolute atomic E-state index is 0.261. The van der Waals surface area contributed by atoms with Crippen molar-refractivity contribution in [2.24, 2.45) is 4.99 Å². The van der Waals surface area contributed by atoms with Crippen LogP contribution in [0.3, 0.4) is 0 Å². The van der Waals surface area contributed by atoms with Crippen molar-refractivity contribution in [1.82, 2.24) is 4.57 Å². The summed E-state index contributed by atoms with van der Waals surface area (Å²) in [6.07, 6.45) is 6.35. The van der Waals surface area contributed by atoms with Crippen molar-refractivity contribution < 1.29 is 4.79 Å². The fraction of sp³-hybridized carbons (Fsp3) is 0.0833. The van der Waals surface area contributed by atoms with Gasteiger partial charge in [0, 0.05) is 5.56 Å². The van der Waals surface area contributed by atoms with E-state index in [9.17, 15) is 4.79 Å². The van der Waals surface area contributed by atoms with Gasteiger partial charge in [0.15, 0.2) is 4.80 Å². The molecular weight excluding hydrogens is 364 g/mol. The number of rotatable bonds is 4. The first kappa shape index (κ1) is 18.0. The largest absolute Gasteiger partial charge is 0.305 e. The molecule has 4 heteroatoms. The molecule has 1 heterocycles. The van der Waals surface area contributed by atoms with E-state index in [0.29, 0.717) is 16.9 Å². The number of nitrogens with zero attached hydrogens (tertiary/aromatic N) is 2. The zero-order valence-electron chi connectivity index (χ0n) is 15.2. The third kappa shape index (κ3) is 3.80. The molecule has 0 aliphatic rings. The summed E-state index contributed by atoms with van der Waals surface area (Å²) in [6, 6.07) is 25.8. The molecule has 0 atom stereocenters. The van der Waals surface area contributed by atoms with E-state index in [0.717, 1.165) is 22.2 Å². The van der Waals surface area contributed by atoms with E-state index in [4.69, 9.17) is 6.42 Å². The lowest BCUT2D eigenvalue weighted by atomic mass is 10.0. The molecule has 0 N–H and O–H groups in total. The van der Waals surface area contributed by atoms with Crippen LogP contribution in [0.2, 0.25) is 0 Å². The molecule has 0 fully saturated rings. The molecule has 1 aromatic heterocycles.